The summed E-state index contributed by atoms with van der Waals surface area (Å²) >= 11 is 0. The van der Waals surface area contributed by atoms with Crippen LogP contribution in [0.3, 0.4) is 0 Å². The average molecular weight is 435 g/mol. The number of ether oxygens (including phenoxy) is 2. The summed E-state index contributed by atoms with van der Waals surface area (Å²) in [7, 11) is 3.08. The molecule has 1 aliphatic heterocycles. The van der Waals surface area contributed by atoms with Crippen LogP contribution in [0.1, 0.15) is 28.2 Å². The molecule has 1 fully saturated rings. The minimum atomic E-state index is -0.754. The number of aromatic nitrogens is 2. The zero-order chi connectivity index (χ0) is 23.1. The maximum absolute atomic E-state index is 12.4. The summed E-state index contributed by atoms with van der Waals surface area (Å²) in [5.41, 5.74) is 6.07. The number of nitrogens with two attached hydrogens (primary N) is 1. The van der Waals surface area contributed by atoms with Crippen LogP contribution in [-0.4, -0.2) is 55.0 Å². The van der Waals surface area contributed by atoms with Crippen LogP contribution in [0.15, 0.2) is 37.1 Å². The van der Waals surface area contributed by atoms with Gasteiger partial charge in [0.1, 0.15) is 23.0 Å². The molecule has 32 heavy (non-hydrogen) atoms. The van der Waals surface area contributed by atoms with E-state index in [-0.39, 0.29) is 23.1 Å². The van der Waals surface area contributed by atoms with Crippen LogP contribution < -0.4 is 25.8 Å². The highest BCUT2D eigenvalue weighted by Gasteiger charge is 2.29. The highest BCUT2D eigenvalue weighted by atomic mass is 16.5. The molecule has 2 heterocycles. The third-order valence-electron chi connectivity index (χ3n) is 5.06. The van der Waals surface area contributed by atoms with Gasteiger partial charge in [0, 0.05) is 24.1 Å². The molecule has 9 nitrogen and oxygen atoms in total. The molecule has 0 spiro atoms. The summed E-state index contributed by atoms with van der Waals surface area (Å²) in [6.07, 6.45) is 3.50. The Hall–Kier alpha value is -3.90. The lowest BCUT2D eigenvalue weighted by atomic mass is 9.95. The molecule has 2 atom stereocenters. The zero-order valence-corrected chi connectivity index (χ0v) is 18.0. The minimum Gasteiger partial charge on any atom is -0.497 e. The van der Waals surface area contributed by atoms with Crippen molar-refractivity contribution in [3.05, 3.63) is 54.0 Å². The monoisotopic (exact) mass is 435 g/mol. The van der Waals surface area contributed by atoms with Crippen molar-refractivity contribution in [3.8, 4) is 23.3 Å². The summed E-state index contributed by atoms with van der Waals surface area (Å²) in [5, 5.41) is 6.36. The highest BCUT2D eigenvalue weighted by molar-refractivity contribution is 5.96. The number of methoxy groups -OCH3 is 2. The lowest BCUT2D eigenvalue weighted by molar-refractivity contribution is -0.116. The van der Waals surface area contributed by atoms with Gasteiger partial charge in [-0.25, -0.2) is 9.97 Å². The second-order valence-electron chi connectivity index (χ2n) is 7.15. The van der Waals surface area contributed by atoms with Crippen molar-refractivity contribution in [2.45, 2.75) is 12.5 Å². The largest absolute Gasteiger partial charge is 0.497 e. The summed E-state index contributed by atoms with van der Waals surface area (Å²) < 4.78 is 10.5. The molecule has 1 saturated heterocycles. The molecule has 1 aromatic heterocycles. The molecular weight excluding hydrogens is 410 g/mol. The Balaban J connectivity index is 1.95. The van der Waals surface area contributed by atoms with Gasteiger partial charge in [0.15, 0.2) is 11.5 Å². The fraction of sp³-hybridized carbons (Fsp3) is 0.304. The molecule has 2 unspecified atom stereocenters. The van der Waals surface area contributed by atoms with Gasteiger partial charge in [0.2, 0.25) is 0 Å². The van der Waals surface area contributed by atoms with E-state index < -0.39 is 11.9 Å². The molecule has 0 aliphatic carbocycles. The van der Waals surface area contributed by atoms with Crippen LogP contribution in [0.5, 0.6) is 11.5 Å². The number of carbonyl (C=O) groups excluding carboxylic acids is 2. The van der Waals surface area contributed by atoms with Crippen molar-refractivity contribution in [2.75, 3.05) is 32.6 Å². The summed E-state index contributed by atoms with van der Waals surface area (Å²) in [4.78, 5) is 32.8. The molecule has 0 saturated carbocycles. The first kappa shape index (κ1) is 22.8. The Morgan fingerprint density at radius 2 is 2.00 bits per heavy atom. The van der Waals surface area contributed by atoms with Gasteiger partial charge in [-0.3, -0.25) is 9.59 Å². The number of nitrogens with one attached hydrogen (secondary N) is 2. The number of hydrogen-bond acceptors (Lipinski definition) is 8. The first-order chi connectivity index (χ1) is 15.4. The number of amides is 1. The van der Waals surface area contributed by atoms with Crippen molar-refractivity contribution in [2.24, 2.45) is 11.7 Å². The van der Waals surface area contributed by atoms with E-state index >= 15 is 0 Å². The van der Waals surface area contributed by atoms with Crippen molar-refractivity contribution >= 4 is 17.5 Å². The van der Waals surface area contributed by atoms with Gasteiger partial charge in [0.25, 0.3) is 5.91 Å². The molecule has 0 radical (unpaired) electrons. The number of benzene rings is 1. The van der Waals surface area contributed by atoms with Gasteiger partial charge in [-0.15, -0.1) is 0 Å². The number of carbonyl (C=O) groups is 2. The fourth-order valence-corrected chi connectivity index (χ4v) is 3.41. The Morgan fingerprint density at radius 3 is 2.56 bits per heavy atom. The van der Waals surface area contributed by atoms with Crippen molar-refractivity contribution in [3.63, 3.8) is 0 Å². The van der Waals surface area contributed by atoms with E-state index in [0.717, 1.165) is 13.0 Å². The van der Waals surface area contributed by atoms with Crippen LogP contribution in [0.4, 0.5) is 5.82 Å². The number of anilines is 1. The van der Waals surface area contributed by atoms with E-state index in [0.29, 0.717) is 29.4 Å². The molecule has 2 aromatic rings. The SMILES string of the molecule is C=CC(=O)C(Nc1cnc(C(N)=O)c(C#Cc2cc(OC)cc(OC)c2)n1)C1CCNC1. The second kappa shape index (κ2) is 10.4. The molecule has 0 bridgehead atoms. The van der Waals surface area contributed by atoms with Gasteiger partial charge < -0.3 is 25.8 Å². The van der Waals surface area contributed by atoms with Crippen LogP contribution >= 0.6 is 0 Å². The van der Waals surface area contributed by atoms with E-state index in [1.807, 2.05) is 0 Å². The number of hydrogen-bond donors (Lipinski definition) is 3. The standard InChI is InChI=1S/C23H25N5O4/c1-4-19(29)21(15-7-8-25-12-15)28-20-13-26-22(23(24)30)18(27-20)6-5-14-9-16(31-2)11-17(10-14)32-3/h4,9-11,13,15,21,25H,1,7-8,12H2,2-3H3,(H2,24,30)(H,27,28). The minimum absolute atomic E-state index is 0.0629. The van der Waals surface area contributed by atoms with E-state index in [4.69, 9.17) is 15.2 Å². The van der Waals surface area contributed by atoms with E-state index in [2.05, 4.69) is 39.0 Å². The zero-order valence-electron chi connectivity index (χ0n) is 18.0. The lowest BCUT2D eigenvalue weighted by Crippen LogP contribution is -2.37. The Kier molecular flexibility index (Phi) is 7.41. The molecule has 1 amide bonds. The van der Waals surface area contributed by atoms with Gasteiger partial charge >= 0.3 is 0 Å². The molecule has 1 aromatic carbocycles. The Morgan fingerprint density at radius 1 is 1.28 bits per heavy atom. The Bertz CT molecular complexity index is 1060. The summed E-state index contributed by atoms with van der Waals surface area (Å²) in [6, 6.07) is 4.65. The molecule has 1 aliphatic rings. The fourth-order valence-electron chi connectivity index (χ4n) is 3.41. The predicted octanol–water partition coefficient (Wildman–Crippen LogP) is 1.14. The van der Waals surface area contributed by atoms with Crippen LogP contribution in [-0.2, 0) is 4.79 Å². The smallest absolute Gasteiger partial charge is 0.270 e. The molecular formula is C23H25N5O4. The second-order valence-corrected chi connectivity index (χ2v) is 7.15. The first-order valence-electron chi connectivity index (χ1n) is 10.0. The molecule has 166 valence electrons. The molecule has 3 rings (SSSR count). The number of nitrogens with zero attached hydrogens (tertiary/aromatic N) is 2. The first-order valence-corrected chi connectivity index (χ1v) is 10.0. The van der Waals surface area contributed by atoms with Crippen LogP contribution in [0, 0.1) is 17.8 Å². The van der Waals surface area contributed by atoms with E-state index in [9.17, 15) is 9.59 Å². The number of rotatable bonds is 8. The van der Waals surface area contributed by atoms with Crippen LogP contribution in [0.2, 0.25) is 0 Å². The predicted molar refractivity (Wildman–Crippen MR) is 120 cm³/mol. The third-order valence-corrected chi connectivity index (χ3v) is 5.06. The van der Waals surface area contributed by atoms with Crippen LogP contribution in [0.25, 0.3) is 0 Å². The molecule has 4 N–H and O–H groups in total. The van der Waals surface area contributed by atoms with Crippen molar-refractivity contribution in [1.29, 1.82) is 0 Å². The third kappa shape index (κ3) is 5.42. The van der Waals surface area contributed by atoms with Gasteiger partial charge in [-0.2, -0.15) is 0 Å². The maximum Gasteiger partial charge on any atom is 0.270 e. The normalized spacial score (nSPS) is 15.8. The van der Waals surface area contributed by atoms with E-state index in [1.165, 1.54) is 12.3 Å². The summed E-state index contributed by atoms with van der Waals surface area (Å²) in [6.45, 7) is 5.13. The van der Waals surface area contributed by atoms with Crippen molar-refractivity contribution in [1.82, 2.24) is 15.3 Å². The molecule has 9 heteroatoms. The highest BCUT2D eigenvalue weighted by Crippen LogP contribution is 2.22. The van der Waals surface area contributed by atoms with Gasteiger partial charge in [-0.1, -0.05) is 12.5 Å². The Labute approximate surface area is 186 Å². The number of primary amides is 1. The van der Waals surface area contributed by atoms with Gasteiger partial charge in [0.05, 0.1) is 26.5 Å². The quantitative estimate of drug-likeness (QED) is 0.416. The average Bonchev–Trinajstić information content (AvgIpc) is 3.34. The van der Waals surface area contributed by atoms with Gasteiger partial charge in [-0.05, 0) is 37.1 Å². The van der Waals surface area contributed by atoms with E-state index in [1.54, 1.807) is 32.4 Å². The number of ketones is 1. The topological polar surface area (TPSA) is 128 Å². The van der Waals surface area contributed by atoms with Crippen molar-refractivity contribution < 1.29 is 19.1 Å². The summed E-state index contributed by atoms with van der Waals surface area (Å²) in [5.74, 6) is 6.42. The maximum atomic E-state index is 12.4. The lowest BCUT2D eigenvalue weighted by Gasteiger charge is -2.22.